The molecule has 2 aromatic carbocycles. The number of carbonyl (C=O) groups is 3. The molecule has 0 bridgehead atoms. The molecule has 2 rings (SSSR count). The van der Waals surface area contributed by atoms with E-state index in [0.717, 1.165) is 62.8 Å². The van der Waals surface area contributed by atoms with Crippen molar-refractivity contribution in [1.82, 2.24) is 0 Å². The zero-order valence-corrected chi connectivity index (χ0v) is 23.2. The molecule has 2 unspecified atom stereocenters. The van der Waals surface area contributed by atoms with Crippen molar-refractivity contribution in [2.24, 2.45) is 0 Å². The van der Waals surface area contributed by atoms with Gasteiger partial charge in [0.05, 0.1) is 11.1 Å². The van der Waals surface area contributed by atoms with Gasteiger partial charge in [-0.25, -0.2) is 22.4 Å². The predicted octanol–water partition coefficient (Wildman–Crippen LogP) is 8.48. The van der Waals surface area contributed by atoms with Gasteiger partial charge in [-0.15, -0.1) is 0 Å². The van der Waals surface area contributed by atoms with Gasteiger partial charge in [-0.2, -0.15) is 0 Å². The first-order valence-electron chi connectivity index (χ1n) is 14.0. The Labute approximate surface area is 233 Å². The van der Waals surface area contributed by atoms with Crippen molar-refractivity contribution in [3.63, 3.8) is 0 Å². The quantitative estimate of drug-likeness (QED) is 0.0783. The van der Waals surface area contributed by atoms with Crippen LogP contribution in [0.3, 0.4) is 0 Å². The van der Waals surface area contributed by atoms with Gasteiger partial charge >= 0.3 is 6.16 Å². The molecule has 0 N–H and O–H groups in total. The van der Waals surface area contributed by atoms with E-state index in [4.69, 9.17) is 9.47 Å². The summed E-state index contributed by atoms with van der Waals surface area (Å²) in [4.78, 5) is 34.7. The summed E-state index contributed by atoms with van der Waals surface area (Å²) in [6.45, 7) is 4.10. The van der Waals surface area contributed by atoms with Crippen LogP contribution < -0.4 is 0 Å². The van der Waals surface area contributed by atoms with E-state index in [1.807, 2.05) is 0 Å². The van der Waals surface area contributed by atoms with Gasteiger partial charge in [0.1, 0.15) is 35.5 Å². The monoisotopic (exact) mass is 566 g/mol. The molecule has 5 nitrogen and oxygen atoms in total. The lowest BCUT2D eigenvalue weighted by Gasteiger charge is -2.22. The summed E-state index contributed by atoms with van der Waals surface area (Å²) in [6.07, 6.45) is 5.75. The Hall–Kier alpha value is -3.23. The molecule has 220 valence electrons. The highest BCUT2D eigenvalue weighted by Crippen LogP contribution is 2.22. The molecule has 0 heterocycles. The van der Waals surface area contributed by atoms with Crippen LogP contribution in [0.2, 0.25) is 0 Å². The second-order valence-electron chi connectivity index (χ2n) is 10.0. The van der Waals surface area contributed by atoms with Gasteiger partial charge in [0.2, 0.25) is 0 Å². The summed E-state index contributed by atoms with van der Waals surface area (Å²) in [5, 5.41) is 0. The highest BCUT2D eigenvalue weighted by atomic mass is 19.1. The average molecular weight is 567 g/mol. The standard InChI is InChI=1S/C31H38F4O5/c1-3-5-7-9-11-23(13-21-15-27(32)25(19-36)28(33)16-21)39-31(38)40-24(12-10-8-6-4-2)14-22-17-29(34)26(20-37)30(35)18-22/h15-20,23-24H,3-14H2,1-2H3. The first-order valence-corrected chi connectivity index (χ1v) is 14.0. The van der Waals surface area contributed by atoms with E-state index in [2.05, 4.69) is 13.8 Å². The Kier molecular flexibility index (Phi) is 14.4. The molecule has 0 aliphatic carbocycles. The maximum Gasteiger partial charge on any atom is 0.508 e. The average Bonchev–Trinajstić information content (AvgIpc) is 2.88. The van der Waals surface area contributed by atoms with E-state index in [0.29, 0.717) is 25.7 Å². The fourth-order valence-corrected chi connectivity index (χ4v) is 4.56. The van der Waals surface area contributed by atoms with Crippen molar-refractivity contribution in [2.75, 3.05) is 0 Å². The summed E-state index contributed by atoms with van der Waals surface area (Å²) in [5.41, 5.74) is -0.871. The van der Waals surface area contributed by atoms with Gasteiger partial charge in [0.25, 0.3) is 0 Å². The number of rotatable bonds is 18. The van der Waals surface area contributed by atoms with E-state index in [1.54, 1.807) is 0 Å². The third-order valence-electron chi connectivity index (χ3n) is 6.73. The molecule has 2 atom stereocenters. The Morgan fingerprint density at radius 2 is 1.00 bits per heavy atom. The number of hydrogen-bond acceptors (Lipinski definition) is 5. The second kappa shape index (κ2) is 17.5. The molecule has 0 aromatic heterocycles. The molecule has 0 amide bonds. The first kappa shape index (κ1) is 33.0. The van der Waals surface area contributed by atoms with E-state index < -0.39 is 52.8 Å². The minimum atomic E-state index is -0.996. The minimum Gasteiger partial charge on any atom is -0.431 e. The van der Waals surface area contributed by atoms with Gasteiger partial charge in [0, 0.05) is 12.8 Å². The Morgan fingerprint density at radius 3 is 1.30 bits per heavy atom. The van der Waals surface area contributed by atoms with E-state index >= 15 is 0 Å². The molecule has 0 saturated heterocycles. The number of hydrogen-bond donors (Lipinski definition) is 0. The molecule has 40 heavy (non-hydrogen) atoms. The van der Waals surface area contributed by atoms with Crippen LogP contribution in [0, 0.1) is 23.3 Å². The van der Waals surface area contributed by atoms with Crippen molar-refractivity contribution in [3.05, 3.63) is 69.8 Å². The van der Waals surface area contributed by atoms with Gasteiger partial charge < -0.3 is 9.47 Å². The van der Waals surface area contributed by atoms with Gasteiger partial charge in [-0.05, 0) is 61.1 Å². The van der Waals surface area contributed by atoms with E-state index in [1.165, 1.54) is 0 Å². The zero-order chi connectivity index (χ0) is 29.5. The van der Waals surface area contributed by atoms with Gasteiger partial charge in [-0.3, -0.25) is 9.59 Å². The lowest BCUT2D eigenvalue weighted by Crippen LogP contribution is -2.27. The number of benzene rings is 2. The Morgan fingerprint density at radius 1 is 0.650 bits per heavy atom. The third kappa shape index (κ3) is 10.7. The van der Waals surface area contributed by atoms with Crippen LogP contribution in [0.4, 0.5) is 22.4 Å². The van der Waals surface area contributed by atoms with Crippen molar-refractivity contribution < 1.29 is 41.4 Å². The van der Waals surface area contributed by atoms with Gasteiger partial charge in [-0.1, -0.05) is 52.4 Å². The molecule has 2 aromatic rings. The number of halogens is 4. The van der Waals surface area contributed by atoms with Crippen molar-refractivity contribution >= 4 is 18.7 Å². The lowest BCUT2D eigenvalue weighted by atomic mass is 10.0. The van der Waals surface area contributed by atoms with Crippen LogP contribution >= 0.6 is 0 Å². The van der Waals surface area contributed by atoms with Crippen molar-refractivity contribution in [2.45, 2.75) is 103 Å². The van der Waals surface area contributed by atoms with Crippen LogP contribution in [0.25, 0.3) is 0 Å². The van der Waals surface area contributed by atoms with Crippen molar-refractivity contribution in [1.29, 1.82) is 0 Å². The maximum absolute atomic E-state index is 14.2. The van der Waals surface area contributed by atoms with Crippen LogP contribution in [-0.4, -0.2) is 30.9 Å². The highest BCUT2D eigenvalue weighted by molar-refractivity contribution is 5.76. The summed E-state index contributed by atoms with van der Waals surface area (Å²) in [7, 11) is 0. The molecule has 9 heteroatoms. The third-order valence-corrected chi connectivity index (χ3v) is 6.73. The maximum atomic E-state index is 14.2. The lowest BCUT2D eigenvalue weighted by molar-refractivity contribution is -0.00663. The molecule has 0 aliphatic rings. The summed E-state index contributed by atoms with van der Waals surface area (Å²) in [6, 6.07) is 4.18. The SMILES string of the molecule is CCCCCCC(Cc1cc(F)c(C=O)c(F)c1)OC(=O)OC(CCCCCC)Cc1cc(F)c(C=O)c(F)c1. The first-order chi connectivity index (χ1) is 19.2. The molecular weight excluding hydrogens is 528 g/mol. The molecule has 0 saturated carbocycles. The van der Waals surface area contributed by atoms with Crippen LogP contribution in [0.15, 0.2) is 24.3 Å². The number of aldehydes is 2. The van der Waals surface area contributed by atoms with Crippen LogP contribution in [0.1, 0.15) is 110 Å². The molecule has 0 aliphatic heterocycles. The zero-order valence-electron chi connectivity index (χ0n) is 23.2. The Balaban J connectivity index is 2.16. The van der Waals surface area contributed by atoms with E-state index in [-0.39, 0.29) is 36.5 Å². The number of unbranched alkanes of at least 4 members (excludes halogenated alkanes) is 6. The topological polar surface area (TPSA) is 69.7 Å². The smallest absolute Gasteiger partial charge is 0.431 e. The molecular formula is C31H38F4O5. The number of carbonyl (C=O) groups excluding carboxylic acids is 3. The molecule has 0 spiro atoms. The van der Waals surface area contributed by atoms with Gasteiger partial charge in [0.15, 0.2) is 12.6 Å². The summed E-state index contributed by atoms with van der Waals surface area (Å²) in [5.74, 6) is -3.98. The summed E-state index contributed by atoms with van der Waals surface area (Å²) < 4.78 is 67.8. The van der Waals surface area contributed by atoms with Crippen molar-refractivity contribution in [3.8, 4) is 0 Å². The van der Waals surface area contributed by atoms with Crippen LogP contribution in [-0.2, 0) is 22.3 Å². The van der Waals surface area contributed by atoms with Crippen LogP contribution in [0.5, 0.6) is 0 Å². The minimum absolute atomic E-state index is 0.0128. The normalized spacial score (nSPS) is 12.6. The highest BCUT2D eigenvalue weighted by Gasteiger charge is 2.23. The summed E-state index contributed by atoms with van der Waals surface area (Å²) >= 11 is 0. The Bertz CT molecular complexity index is 989. The predicted molar refractivity (Wildman–Crippen MR) is 144 cm³/mol. The van der Waals surface area contributed by atoms with E-state index in [9.17, 15) is 31.9 Å². The second-order valence-corrected chi connectivity index (χ2v) is 10.0. The number of ether oxygens (including phenoxy) is 2. The molecule has 0 radical (unpaired) electrons. The fourth-order valence-electron chi connectivity index (χ4n) is 4.56. The molecule has 0 fully saturated rings. The largest absolute Gasteiger partial charge is 0.508 e. The fraction of sp³-hybridized carbons (Fsp3) is 0.516.